The molecule has 21 heavy (non-hydrogen) atoms. The van der Waals surface area contributed by atoms with Crippen molar-refractivity contribution in [2.45, 2.75) is 19.4 Å². The number of carbonyl (C=O) groups is 1. The summed E-state index contributed by atoms with van der Waals surface area (Å²) < 4.78 is 10.1. The highest BCUT2D eigenvalue weighted by Gasteiger charge is 2.17. The van der Waals surface area contributed by atoms with Gasteiger partial charge in [-0.1, -0.05) is 11.6 Å². The maximum Gasteiger partial charge on any atom is 0.337 e. The topological polar surface area (TPSA) is 38.8 Å². The molecule has 1 aliphatic rings. The Hall–Kier alpha value is -1.10. The molecule has 1 aromatic rings. The number of hydrogen-bond donors (Lipinski definition) is 0. The van der Waals surface area contributed by atoms with Crippen molar-refractivity contribution in [2.75, 3.05) is 33.9 Å². The molecule has 5 heteroatoms. The van der Waals surface area contributed by atoms with Gasteiger partial charge >= 0.3 is 5.97 Å². The maximum absolute atomic E-state index is 11.6. The second kappa shape index (κ2) is 7.78. The number of esters is 1. The van der Waals surface area contributed by atoms with Crippen LogP contribution in [0.4, 0.5) is 0 Å². The van der Waals surface area contributed by atoms with Gasteiger partial charge < -0.3 is 14.4 Å². The van der Waals surface area contributed by atoms with E-state index in [9.17, 15) is 4.79 Å². The van der Waals surface area contributed by atoms with E-state index >= 15 is 0 Å². The summed E-state index contributed by atoms with van der Waals surface area (Å²) in [5, 5.41) is 0.682. The van der Waals surface area contributed by atoms with Crippen molar-refractivity contribution >= 4 is 17.6 Å². The summed E-state index contributed by atoms with van der Waals surface area (Å²) in [6.45, 7) is 3.46. The Morgan fingerprint density at radius 3 is 2.81 bits per heavy atom. The lowest BCUT2D eigenvalue weighted by Crippen LogP contribution is -2.29. The van der Waals surface area contributed by atoms with E-state index in [4.69, 9.17) is 21.1 Å². The molecule has 1 aliphatic heterocycles. The van der Waals surface area contributed by atoms with Crippen molar-refractivity contribution in [3.05, 3.63) is 34.3 Å². The molecule has 2 rings (SSSR count). The molecule has 0 unspecified atom stereocenters. The molecule has 0 N–H and O–H groups in total. The van der Waals surface area contributed by atoms with Gasteiger partial charge in [0.1, 0.15) is 0 Å². The third kappa shape index (κ3) is 4.70. The summed E-state index contributed by atoms with van der Waals surface area (Å²) >= 11 is 6.23. The summed E-state index contributed by atoms with van der Waals surface area (Å²) in [6, 6.07) is 5.26. The molecule has 0 bridgehead atoms. The second-order valence-electron chi connectivity index (χ2n) is 5.55. The molecule has 1 fully saturated rings. The van der Waals surface area contributed by atoms with E-state index in [0.29, 0.717) is 16.5 Å². The molecular weight excluding hydrogens is 290 g/mol. The van der Waals surface area contributed by atoms with Crippen LogP contribution in [0, 0.1) is 5.92 Å². The first-order valence-corrected chi connectivity index (χ1v) is 7.61. The fourth-order valence-corrected chi connectivity index (χ4v) is 2.84. The van der Waals surface area contributed by atoms with Crippen molar-refractivity contribution in [1.82, 2.24) is 4.90 Å². The Labute approximate surface area is 131 Å². The molecule has 1 aromatic carbocycles. The number of halogens is 1. The van der Waals surface area contributed by atoms with Gasteiger partial charge in [0.05, 0.1) is 12.7 Å². The second-order valence-corrected chi connectivity index (χ2v) is 5.96. The number of nitrogens with zero attached hydrogens (tertiary/aromatic N) is 1. The van der Waals surface area contributed by atoms with Crippen molar-refractivity contribution in [2.24, 2.45) is 5.92 Å². The molecule has 0 atom stereocenters. The summed E-state index contributed by atoms with van der Waals surface area (Å²) in [4.78, 5) is 13.8. The van der Waals surface area contributed by atoms with Crippen LogP contribution in [-0.4, -0.2) is 44.8 Å². The predicted molar refractivity (Wildman–Crippen MR) is 82.7 cm³/mol. The first kappa shape index (κ1) is 16.3. The third-order valence-electron chi connectivity index (χ3n) is 3.82. The highest BCUT2D eigenvalue weighted by Crippen LogP contribution is 2.21. The van der Waals surface area contributed by atoms with Gasteiger partial charge in [0.2, 0.25) is 0 Å². The number of rotatable bonds is 5. The van der Waals surface area contributed by atoms with Crippen molar-refractivity contribution in [3.63, 3.8) is 0 Å². The van der Waals surface area contributed by atoms with Crippen LogP contribution in [0.15, 0.2) is 18.2 Å². The van der Waals surface area contributed by atoms with E-state index in [-0.39, 0.29) is 5.97 Å². The molecule has 116 valence electrons. The Kier molecular flexibility index (Phi) is 6.03. The van der Waals surface area contributed by atoms with Gasteiger partial charge in [-0.2, -0.15) is 0 Å². The Morgan fingerprint density at radius 2 is 2.14 bits per heavy atom. The minimum absolute atomic E-state index is 0.333. The van der Waals surface area contributed by atoms with Gasteiger partial charge in [0, 0.05) is 31.3 Å². The Bertz CT molecular complexity index is 486. The smallest absolute Gasteiger partial charge is 0.337 e. The normalized spacial score (nSPS) is 16.2. The molecule has 0 aromatic heterocycles. The lowest BCUT2D eigenvalue weighted by molar-refractivity contribution is 0.0548. The highest BCUT2D eigenvalue weighted by molar-refractivity contribution is 6.31. The molecule has 1 heterocycles. The lowest BCUT2D eigenvalue weighted by atomic mass is 9.99. The van der Waals surface area contributed by atoms with Crippen molar-refractivity contribution in [3.8, 4) is 0 Å². The Morgan fingerprint density at radius 1 is 1.43 bits per heavy atom. The Balaban J connectivity index is 1.98. The maximum atomic E-state index is 11.6. The van der Waals surface area contributed by atoms with E-state index in [2.05, 4.69) is 11.9 Å². The molecule has 0 aliphatic carbocycles. The molecule has 0 radical (unpaired) electrons. The quantitative estimate of drug-likeness (QED) is 0.784. The molecule has 0 spiro atoms. The van der Waals surface area contributed by atoms with Crippen LogP contribution in [-0.2, 0) is 16.0 Å². The van der Waals surface area contributed by atoms with E-state index in [0.717, 1.165) is 44.7 Å². The minimum Gasteiger partial charge on any atom is -0.465 e. The molecular formula is C16H22ClNO3. The number of benzene rings is 1. The van der Waals surface area contributed by atoms with Crippen LogP contribution in [0.2, 0.25) is 5.02 Å². The van der Waals surface area contributed by atoms with Crippen molar-refractivity contribution < 1.29 is 14.3 Å². The first-order chi connectivity index (χ1) is 10.1. The van der Waals surface area contributed by atoms with Gasteiger partial charge in [-0.15, -0.1) is 0 Å². The average molecular weight is 312 g/mol. The fraction of sp³-hybridized carbons (Fsp3) is 0.562. The summed E-state index contributed by atoms with van der Waals surface area (Å²) in [5.74, 6) is 0.339. The summed E-state index contributed by atoms with van der Waals surface area (Å²) in [5.41, 5.74) is 1.49. The largest absolute Gasteiger partial charge is 0.465 e. The standard InChI is InChI=1S/C16H22ClNO3/c1-18(10-12-5-7-21-8-6-12)11-14-9-13(16(19)20-2)3-4-15(14)17/h3-4,9,12H,5-8,10-11H2,1-2H3. The number of hydrogen-bond acceptors (Lipinski definition) is 4. The van der Waals surface area contributed by atoms with E-state index in [1.165, 1.54) is 7.11 Å². The third-order valence-corrected chi connectivity index (χ3v) is 4.19. The zero-order chi connectivity index (χ0) is 15.2. The van der Waals surface area contributed by atoms with Gasteiger partial charge in [-0.05, 0) is 49.6 Å². The summed E-state index contributed by atoms with van der Waals surface area (Å²) in [6.07, 6.45) is 2.22. The summed E-state index contributed by atoms with van der Waals surface area (Å²) in [7, 11) is 3.46. The first-order valence-electron chi connectivity index (χ1n) is 7.23. The van der Waals surface area contributed by atoms with Crippen LogP contribution in [0.25, 0.3) is 0 Å². The predicted octanol–water partition coefficient (Wildman–Crippen LogP) is 2.99. The molecule has 0 amide bonds. The highest BCUT2D eigenvalue weighted by atomic mass is 35.5. The van der Waals surface area contributed by atoms with Crippen molar-refractivity contribution in [1.29, 1.82) is 0 Å². The zero-order valence-electron chi connectivity index (χ0n) is 12.6. The lowest BCUT2D eigenvalue weighted by Gasteiger charge is -2.27. The monoisotopic (exact) mass is 311 g/mol. The van der Waals surface area contributed by atoms with Crippen LogP contribution >= 0.6 is 11.6 Å². The van der Waals surface area contributed by atoms with E-state index < -0.39 is 0 Å². The van der Waals surface area contributed by atoms with E-state index in [1.54, 1.807) is 12.1 Å². The van der Waals surface area contributed by atoms with Gasteiger partial charge in [-0.25, -0.2) is 4.79 Å². The number of carbonyl (C=O) groups excluding carboxylic acids is 1. The zero-order valence-corrected chi connectivity index (χ0v) is 13.4. The number of methoxy groups -OCH3 is 1. The van der Waals surface area contributed by atoms with Crippen LogP contribution < -0.4 is 0 Å². The fourth-order valence-electron chi connectivity index (χ4n) is 2.67. The minimum atomic E-state index is -0.333. The molecule has 1 saturated heterocycles. The molecule has 4 nitrogen and oxygen atoms in total. The average Bonchev–Trinajstić information content (AvgIpc) is 2.49. The van der Waals surface area contributed by atoms with Gasteiger partial charge in [0.25, 0.3) is 0 Å². The number of ether oxygens (including phenoxy) is 2. The van der Waals surface area contributed by atoms with Crippen LogP contribution in [0.3, 0.4) is 0 Å². The van der Waals surface area contributed by atoms with Gasteiger partial charge in [-0.3, -0.25) is 0 Å². The van der Waals surface area contributed by atoms with Crippen LogP contribution in [0.1, 0.15) is 28.8 Å². The molecule has 0 saturated carbocycles. The van der Waals surface area contributed by atoms with Gasteiger partial charge in [0.15, 0.2) is 0 Å². The van der Waals surface area contributed by atoms with Crippen LogP contribution in [0.5, 0.6) is 0 Å². The SMILES string of the molecule is COC(=O)c1ccc(Cl)c(CN(C)CC2CCOCC2)c1. The van der Waals surface area contributed by atoms with E-state index in [1.807, 2.05) is 6.07 Å².